The molecule has 31 heavy (non-hydrogen) atoms. The van der Waals surface area contributed by atoms with Crippen molar-refractivity contribution in [2.24, 2.45) is 4.99 Å². The van der Waals surface area contributed by atoms with Crippen LogP contribution in [-0.4, -0.2) is 63.6 Å². The van der Waals surface area contributed by atoms with E-state index in [0.717, 1.165) is 69.0 Å². The number of carbonyl (C=O) groups excluding carboxylic acids is 1. The van der Waals surface area contributed by atoms with Crippen LogP contribution in [0.1, 0.15) is 44.6 Å². The molecule has 0 saturated carbocycles. The van der Waals surface area contributed by atoms with E-state index >= 15 is 0 Å². The molecule has 2 fully saturated rings. The highest BCUT2D eigenvalue weighted by molar-refractivity contribution is 5.94. The molecule has 1 amide bonds. The van der Waals surface area contributed by atoms with E-state index in [-0.39, 0.29) is 18.1 Å². The molecule has 1 aromatic rings. The number of ether oxygens (including phenoxy) is 3. The topological polar surface area (TPSA) is 93.2 Å². The van der Waals surface area contributed by atoms with Gasteiger partial charge in [-0.15, -0.1) is 0 Å². The van der Waals surface area contributed by atoms with Gasteiger partial charge in [0, 0.05) is 38.6 Å². The van der Waals surface area contributed by atoms with Gasteiger partial charge >= 0.3 is 0 Å². The lowest BCUT2D eigenvalue weighted by Crippen LogP contribution is -2.38. The lowest BCUT2D eigenvalue weighted by Gasteiger charge is -2.13. The largest absolute Gasteiger partial charge is 0.379 e. The van der Waals surface area contributed by atoms with Crippen molar-refractivity contribution < 1.29 is 19.0 Å². The lowest BCUT2D eigenvalue weighted by molar-refractivity contribution is -0.124. The van der Waals surface area contributed by atoms with Crippen LogP contribution < -0.4 is 16.0 Å². The van der Waals surface area contributed by atoms with E-state index in [4.69, 9.17) is 14.2 Å². The Kier molecular flexibility index (Phi) is 10.1. The molecule has 0 bridgehead atoms. The highest BCUT2D eigenvalue weighted by Gasteiger charge is 2.23. The molecule has 3 rings (SSSR count). The molecule has 2 unspecified atom stereocenters. The van der Waals surface area contributed by atoms with E-state index in [2.05, 4.69) is 20.9 Å². The van der Waals surface area contributed by atoms with Crippen molar-refractivity contribution >= 4 is 17.6 Å². The van der Waals surface area contributed by atoms with Gasteiger partial charge in [-0.05, 0) is 56.7 Å². The van der Waals surface area contributed by atoms with Crippen molar-refractivity contribution in [2.75, 3.05) is 44.8 Å². The van der Waals surface area contributed by atoms with Gasteiger partial charge in [-0.2, -0.15) is 0 Å². The number of amides is 1. The first-order chi connectivity index (χ1) is 15.2. The van der Waals surface area contributed by atoms with Crippen LogP contribution in [0.25, 0.3) is 0 Å². The first-order valence-electron chi connectivity index (χ1n) is 11.5. The molecule has 2 aliphatic rings. The van der Waals surface area contributed by atoms with Crippen LogP contribution in [0, 0.1) is 0 Å². The molecule has 0 spiro atoms. The first kappa shape index (κ1) is 23.5. The second-order valence-electron chi connectivity index (χ2n) is 7.88. The number of nitrogens with zero attached hydrogens (tertiary/aromatic N) is 1. The SMILES string of the molecule is CCNC(=NCc1cccc(NC(=O)C2CCCO2)c1)NCCCOCC1CCCO1. The number of benzene rings is 1. The number of hydrogen-bond donors (Lipinski definition) is 3. The maximum Gasteiger partial charge on any atom is 0.253 e. The van der Waals surface area contributed by atoms with Gasteiger partial charge in [0.05, 0.1) is 19.3 Å². The Labute approximate surface area is 185 Å². The Hall–Kier alpha value is -2.16. The first-order valence-corrected chi connectivity index (χ1v) is 11.5. The molecule has 8 nitrogen and oxygen atoms in total. The summed E-state index contributed by atoms with van der Waals surface area (Å²) >= 11 is 0. The summed E-state index contributed by atoms with van der Waals surface area (Å²) in [7, 11) is 0. The second-order valence-corrected chi connectivity index (χ2v) is 7.88. The molecule has 1 aromatic carbocycles. The summed E-state index contributed by atoms with van der Waals surface area (Å²) in [5, 5.41) is 9.55. The predicted molar refractivity (Wildman–Crippen MR) is 121 cm³/mol. The Morgan fingerprint density at radius 3 is 2.84 bits per heavy atom. The Bertz CT molecular complexity index is 701. The van der Waals surface area contributed by atoms with Gasteiger partial charge in [0.15, 0.2) is 5.96 Å². The molecule has 3 N–H and O–H groups in total. The summed E-state index contributed by atoms with van der Waals surface area (Å²) in [4.78, 5) is 16.9. The van der Waals surface area contributed by atoms with Crippen molar-refractivity contribution in [1.29, 1.82) is 0 Å². The van der Waals surface area contributed by atoms with E-state index in [1.54, 1.807) is 0 Å². The zero-order valence-electron chi connectivity index (χ0n) is 18.5. The third-order valence-electron chi connectivity index (χ3n) is 5.27. The van der Waals surface area contributed by atoms with E-state index in [0.29, 0.717) is 26.4 Å². The van der Waals surface area contributed by atoms with Gasteiger partial charge in [0.25, 0.3) is 5.91 Å². The van der Waals surface area contributed by atoms with Crippen LogP contribution in [-0.2, 0) is 25.5 Å². The third kappa shape index (κ3) is 8.47. The van der Waals surface area contributed by atoms with Crippen molar-refractivity contribution in [3.63, 3.8) is 0 Å². The fourth-order valence-corrected chi connectivity index (χ4v) is 3.64. The summed E-state index contributed by atoms with van der Waals surface area (Å²) in [6, 6.07) is 7.79. The minimum absolute atomic E-state index is 0.0742. The maximum absolute atomic E-state index is 12.2. The smallest absolute Gasteiger partial charge is 0.253 e. The maximum atomic E-state index is 12.2. The predicted octanol–water partition coefficient (Wildman–Crippen LogP) is 2.44. The summed E-state index contributed by atoms with van der Waals surface area (Å²) in [6.07, 6.45) is 4.82. The van der Waals surface area contributed by atoms with Gasteiger partial charge in [-0.1, -0.05) is 12.1 Å². The Balaban J connectivity index is 1.39. The second kappa shape index (κ2) is 13.3. The van der Waals surface area contributed by atoms with Gasteiger partial charge in [-0.3, -0.25) is 4.79 Å². The number of nitrogens with one attached hydrogen (secondary N) is 3. The fraction of sp³-hybridized carbons (Fsp3) is 0.652. The minimum Gasteiger partial charge on any atom is -0.379 e. The molecule has 2 saturated heterocycles. The molecule has 2 heterocycles. The molecule has 172 valence electrons. The number of guanidine groups is 1. The highest BCUT2D eigenvalue weighted by atomic mass is 16.5. The summed E-state index contributed by atoms with van der Waals surface area (Å²) in [5.41, 5.74) is 1.80. The van der Waals surface area contributed by atoms with Crippen LogP contribution >= 0.6 is 0 Å². The lowest BCUT2D eigenvalue weighted by atomic mass is 10.2. The third-order valence-corrected chi connectivity index (χ3v) is 5.27. The zero-order valence-corrected chi connectivity index (χ0v) is 18.5. The average molecular weight is 433 g/mol. The summed E-state index contributed by atoms with van der Waals surface area (Å²) in [5.74, 6) is 0.699. The van der Waals surface area contributed by atoms with E-state index < -0.39 is 0 Å². The van der Waals surface area contributed by atoms with Crippen LogP contribution in [0.3, 0.4) is 0 Å². The van der Waals surface area contributed by atoms with E-state index in [1.165, 1.54) is 0 Å². The van der Waals surface area contributed by atoms with E-state index in [9.17, 15) is 4.79 Å². The molecule has 2 aliphatic heterocycles. The highest BCUT2D eigenvalue weighted by Crippen LogP contribution is 2.16. The average Bonchev–Trinajstić information content (AvgIpc) is 3.49. The van der Waals surface area contributed by atoms with Crippen molar-refractivity contribution in [1.82, 2.24) is 10.6 Å². The Morgan fingerprint density at radius 2 is 2.06 bits per heavy atom. The van der Waals surface area contributed by atoms with Gasteiger partial charge in [0.2, 0.25) is 0 Å². The standard InChI is InChI=1S/C23H36N4O4/c1-2-24-23(25-11-6-12-29-17-20-9-4-13-30-20)26-16-18-7-3-8-19(15-18)27-22(28)21-10-5-14-31-21/h3,7-8,15,20-21H,2,4-6,9-14,16-17H2,1H3,(H,27,28)(H2,24,25,26). The number of carbonyl (C=O) groups is 1. The van der Waals surface area contributed by atoms with Crippen molar-refractivity contribution in [2.45, 2.75) is 57.8 Å². The molecule has 0 radical (unpaired) electrons. The molecule has 2 atom stereocenters. The fourth-order valence-electron chi connectivity index (χ4n) is 3.64. The number of hydrogen-bond acceptors (Lipinski definition) is 5. The van der Waals surface area contributed by atoms with Crippen LogP contribution in [0.5, 0.6) is 0 Å². The van der Waals surface area contributed by atoms with Crippen LogP contribution in [0.4, 0.5) is 5.69 Å². The number of anilines is 1. The molecular formula is C23H36N4O4. The molecule has 0 aliphatic carbocycles. The van der Waals surface area contributed by atoms with Crippen molar-refractivity contribution in [3.8, 4) is 0 Å². The normalized spacial score (nSPS) is 21.3. The minimum atomic E-state index is -0.332. The van der Waals surface area contributed by atoms with Crippen LogP contribution in [0.15, 0.2) is 29.3 Å². The zero-order chi connectivity index (χ0) is 21.7. The molecule has 0 aromatic heterocycles. The molecule has 8 heteroatoms. The Morgan fingerprint density at radius 1 is 1.19 bits per heavy atom. The van der Waals surface area contributed by atoms with Gasteiger partial charge in [-0.25, -0.2) is 4.99 Å². The van der Waals surface area contributed by atoms with Gasteiger partial charge < -0.3 is 30.2 Å². The summed E-state index contributed by atoms with van der Waals surface area (Å²) < 4.78 is 16.7. The van der Waals surface area contributed by atoms with Crippen molar-refractivity contribution in [3.05, 3.63) is 29.8 Å². The van der Waals surface area contributed by atoms with Gasteiger partial charge in [0.1, 0.15) is 6.10 Å². The van der Waals surface area contributed by atoms with E-state index in [1.807, 2.05) is 31.2 Å². The number of aliphatic imine (C=N–C) groups is 1. The van der Waals surface area contributed by atoms with Crippen LogP contribution in [0.2, 0.25) is 0 Å². The molecular weight excluding hydrogens is 396 g/mol. The monoisotopic (exact) mass is 432 g/mol. The number of rotatable bonds is 11. The quantitative estimate of drug-likeness (QED) is 0.283. The summed E-state index contributed by atoms with van der Waals surface area (Å²) in [6.45, 7) is 7.06.